The van der Waals surface area contributed by atoms with Gasteiger partial charge in [-0.15, -0.1) is 0 Å². The van der Waals surface area contributed by atoms with Crippen LogP contribution in [0, 0.1) is 6.92 Å². The van der Waals surface area contributed by atoms with Crippen molar-refractivity contribution in [1.82, 2.24) is 19.9 Å². The van der Waals surface area contributed by atoms with Gasteiger partial charge in [-0.1, -0.05) is 13.8 Å². The second kappa shape index (κ2) is 8.10. The Hall–Kier alpha value is -2.74. The number of hydrogen-bond donors (Lipinski definition) is 1. The third-order valence-electron chi connectivity index (χ3n) is 5.08. The van der Waals surface area contributed by atoms with Gasteiger partial charge in [0.15, 0.2) is 0 Å². The first kappa shape index (κ1) is 20.0. The number of fused-ring (bicyclic) bond motifs is 2. The van der Waals surface area contributed by atoms with Crippen LogP contribution in [0.1, 0.15) is 60.6 Å². The maximum Gasteiger partial charge on any atom is 0.270 e. The highest BCUT2D eigenvalue weighted by atomic mass is 16.5. The van der Waals surface area contributed by atoms with Crippen LogP contribution < -0.4 is 10.2 Å². The number of carbonyl (C=O) groups is 2. The van der Waals surface area contributed by atoms with Crippen LogP contribution >= 0.6 is 0 Å². The summed E-state index contributed by atoms with van der Waals surface area (Å²) in [7, 11) is 1.71. The molecule has 28 heavy (non-hydrogen) atoms. The van der Waals surface area contributed by atoms with E-state index in [2.05, 4.69) is 15.3 Å². The van der Waals surface area contributed by atoms with Crippen molar-refractivity contribution < 1.29 is 14.3 Å². The van der Waals surface area contributed by atoms with Crippen molar-refractivity contribution >= 4 is 17.6 Å². The average molecular weight is 385 g/mol. The van der Waals surface area contributed by atoms with Crippen molar-refractivity contribution in [2.24, 2.45) is 0 Å². The van der Waals surface area contributed by atoms with Crippen molar-refractivity contribution in [3.05, 3.63) is 41.1 Å². The molecular weight excluding hydrogens is 358 g/mol. The largest absolute Gasteiger partial charge is 0.369 e. The van der Waals surface area contributed by atoms with Crippen molar-refractivity contribution in [2.45, 2.75) is 59.4 Å². The molecule has 2 unspecified atom stereocenters. The summed E-state index contributed by atoms with van der Waals surface area (Å²) in [5, 5.41) is 2.84. The molecule has 2 aliphatic rings. The standard InChI is InChI=1S/C18H21N5O3.C2H6/c1-10-17-22(3)18(25)14(4-5-23(17)9-20-10)21-16(24)15-6-13-11(2)26-8-12(13)7-19-15;1-2/h6-7,9,11,14H,4-5,8H2,1-3H3,(H,21,24);1-2H3. The Labute approximate surface area is 164 Å². The minimum atomic E-state index is -0.601. The summed E-state index contributed by atoms with van der Waals surface area (Å²) >= 11 is 0. The molecule has 0 spiro atoms. The molecule has 0 fully saturated rings. The highest BCUT2D eigenvalue weighted by Crippen LogP contribution is 2.30. The summed E-state index contributed by atoms with van der Waals surface area (Å²) in [6, 6.07) is 1.15. The highest BCUT2D eigenvalue weighted by Gasteiger charge is 2.31. The maximum atomic E-state index is 12.8. The van der Waals surface area contributed by atoms with Gasteiger partial charge in [-0.05, 0) is 31.9 Å². The lowest BCUT2D eigenvalue weighted by Crippen LogP contribution is -2.47. The van der Waals surface area contributed by atoms with E-state index in [9.17, 15) is 9.59 Å². The minimum Gasteiger partial charge on any atom is -0.369 e. The number of nitrogens with zero attached hydrogens (tertiary/aromatic N) is 4. The van der Waals surface area contributed by atoms with Crippen LogP contribution in [0.15, 0.2) is 18.6 Å². The predicted molar refractivity (Wildman–Crippen MR) is 105 cm³/mol. The summed E-state index contributed by atoms with van der Waals surface area (Å²) in [4.78, 5) is 35.5. The van der Waals surface area contributed by atoms with E-state index in [4.69, 9.17) is 4.74 Å². The van der Waals surface area contributed by atoms with E-state index in [0.29, 0.717) is 25.3 Å². The smallest absolute Gasteiger partial charge is 0.270 e. The second-order valence-electron chi connectivity index (χ2n) is 6.78. The zero-order chi connectivity index (χ0) is 20.4. The Morgan fingerprint density at radius 3 is 2.82 bits per heavy atom. The number of imidazole rings is 1. The normalized spacial score (nSPS) is 20.6. The van der Waals surface area contributed by atoms with E-state index in [1.807, 2.05) is 32.3 Å². The molecular formula is C20H27N5O3. The van der Waals surface area contributed by atoms with Crippen LogP contribution in [-0.2, 0) is 22.7 Å². The summed E-state index contributed by atoms with van der Waals surface area (Å²) < 4.78 is 7.49. The maximum absolute atomic E-state index is 12.8. The molecule has 0 bridgehead atoms. The van der Waals surface area contributed by atoms with Gasteiger partial charge in [-0.2, -0.15) is 0 Å². The van der Waals surface area contributed by atoms with Gasteiger partial charge in [0, 0.05) is 25.4 Å². The van der Waals surface area contributed by atoms with E-state index in [-0.39, 0.29) is 17.9 Å². The number of hydrogen-bond acceptors (Lipinski definition) is 5. The molecule has 0 saturated carbocycles. The van der Waals surface area contributed by atoms with Crippen LogP contribution in [0.5, 0.6) is 0 Å². The average Bonchev–Trinajstić information content (AvgIpc) is 3.24. The lowest BCUT2D eigenvalue weighted by Gasteiger charge is -2.21. The number of pyridine rings is 1. The molecule has 150 valence electrons. The molecule has 2 aromatic heterocycles. The van der Waals surface area contributed by atoms with Gasteiger partial charge in [0.2, 0.25) is 0 Å². The molecule has 2 aliphatic heterocycles. The zero-order valence-electron chi connectivity index (χ0n) is 17.0. The number of amides is 2. The van der Waals surface area contributed by atoms with Gasteiger partial charge in [-0.25, -0.2) is 4.98 Å². The predicted octanol–water partition coefficient (Wildman–Crippen LogP) is 2.37. The SMILES string of the molecule is CC.Cc1ncn2c1N(C)C(=O)C(NC(=O)c1cc3c(cn1)COC3C)CC2. The molecule has 4 rings (SSSR count). The molecule has 2 amide bonds. The van der Waals surface area contributed by atoms with Crippen LogP contribution in [-0.4, -0.2) is 39.4 Å². The number of carbonyl (C=O) groups excluding carboxylic acids is 2. The fraction of sp³-hybridized carbons (Fsp3) is 0.500. The molecule has 8 heteroatoms. The van der Waals surface area contributed by atoms with Crippen LogP contribution in [0.2, 0.25) is 0 Å². The highest BCUT2D eigenvalue weighted by molar-refractivity contribution is 6.01. The fourth-order valence-corrected chi connectivity index (χ4v) is 3.60. The number of aromatic nitrogens is 3. The Morgan fingerprint density at radius 1 is 1.32 bits per heavy atom. The molecule has 0 radical (unpaired) electrons. The number of likely N-dealkylation sites (N-methyl/N-ethyl adjacent to an activating group) is 1. The van der Waals surface area contributed by atoms with E-state index < -0.39 is 6.04 Å². The van der Waals surface area contributed by atoms with E-state index in [1.165, 1.54) is 0 Å². The first-order valence-corrected chi connectivity index (χ1v) is 9.66. The minimum absolute atomic E-state index is 0.0495. The number of nitrogens with one attached hydrogen (secondary N) is 1. The van der Waals surface area contributed by atoms with Gasteiger partial charge in [0.1, 0.15) is 17.6 Å². The lowest BCUT2D eigenvalue weighted by molar-refractivity contribution is -0.120. The van der Waals surface area contributed by atoms with Crippen molar-refractivity contribution in [3.63, 3.8) is 0 Å². The topological polar surface area (TPSA) is 89.4 Å². The Bertz CT molecular complexity index is 892. The van der Waals surface area contributed by atoms with Crippen LogP contribution in [0.25, 0.3) is 0 Å². The molecule has 0 aliphatic carbocycles. The van der Waals surface area contributed by atoms with Crippen LogP contribution in [0.3, 0.4) is 0 Å². The zero-order valence-corrected chi connectivity index (χ0v) is 17.0. The number of aryl methyl sites for hydroxylation is 2. The van der Waals surface area contributed by atoms with Crippen molar-refractivity contribution in [3.8, 4) is 0 Å². The van der Waals surface area contributed by atoms with Gasteiger partial charge < -0.3 is 14.6 Å². The summed E-state index contributed by atoms with van der Waals surface area (Å²) in [6.07, 6.45) is 3.85. The third-order valence-corrected chi connectivity index (χ3v) is 5.08. The molecule has 0 saturated heterocycles. The monoisotopic (exact) mass is 385 g/mol. The Morgan fingerprint density at radius 2 is 2.07 bits per heavy atom. The van der Waals surface area contributed by atoms with Crippen molar-refractivity contribution in [2.75, 3.05) is 11.9 Å². The Kier molecular flexibility index (Phi) is 5.79. The third kappa shape index (κ3) is 3.52. The van der Waals surface area contributed by atoms with Gasteiger partial charge in [0.05, 0.1) is 24.7 Å². The van der Waals surface area contributed by atoms with Gasteiger partial charge >= 0.3 is 0 Å². The lowest BCUT2D eigenvalue weighted by atomic mass is 10.1. The Balaban J connectivity index is 0.00000109. The first-order valence-electron chi connectivity index (χ1n) is 9.66. The quantitative estimate of drug-likeness (QED) is 0.857. The first-order chi connectivity index (χ1) is 13.5. The van der Waals surface area contributed by atoms with Crippen LogP contribution in [0.4, 0.5) is 5.82 Å². The van der Waals surface area contributed by atoms with E-state index >= 15 is 0 Å². The molecule has 1 N–H and O–H groups in total. The molecule has 2 atom stereocenters. The molecule has 2 aromatic rings. The number of anilines is 1. The molecule has 4 heterocycles. The van der Waals surface area contributed by atoms with Gasteiger partial charge in [-0.3, -0.25) is 19.5 Å². The fourth-order valence-electron chi connectivity index (χ4n) is 3.60. The number of ether oxygens (including phenoxy) is 1. The second-order valence-corrected chi connectivity index (χ2v) is 6.78. The van der Waals surface area contributed by atoms with Gasteiger partial charge in [0.25, 0.3) is 11.8 Å². The summed E-state index contributed by atoms with van der Waals surface area (Å²) in [5.74, 6) is 0.270. The van der Waals surface area contributed by atoms with E-state index in [1.54, 1.807) is 30.5 Å². The summed E-state index contributed by atoms with van der Waals surface area (Å²) in [6.45, 7) is 8.94. The summed E-state index contributed by atoms with van der Waals surface area (Å²) in [5.41, 5.74) is 3.08. The molecule has 8 nitrogen and oxygen atoms in total. The number of rotatable bonds is 2. The van der Waals surface area contributed by atoms with Crippen molar-refractivity contribution in [1.29, 1.82) is 0 Å². The van der Waals surface area contributed by atoms with E-state index in [0.717, 1.165) is 22.6 Å². The molecule has 0 aromatic carbocycles.